The quantitative estimate of drug-likeness (QED) is 0.730. The Morgan fingerprint density at radius 3 is 2.85 bits per heavy atom. The van der Waals surface area contributed by atoms with Gasteiger partial charge in [0.15, 0.2) is 0 Å². The fourth-order valence-corrected chi connectivity index (χ4v) is 2.91. The van der Waals surface area contributed by atoms with Gasteiger partial charge in [-0.1, -0.05) is 24.3 Å². The van der Waals surface area contributed by atoms with Crippen molar-refractivity contribution in [3.05, 3.63) is 58.2 Å². The lowest BCUT2D eigenvalue weighted by molar-refractivity contribution is 0.674. The minimum Gasteiger partial charge on any atom is -0.311 e. The average Bonchev–Trinajstić information content (AvgIpc) is 2.89. The van der Waals surface area contributed by atoms with Crippen LogP contribution in [0, 0.1) is 6.92 Å². The Labute approximate surface area is 122 Å². The van der Waals surface area contributed by atoms with Crippen LogP contribution in [0.3, 0.4) is 0 Å². The Morgan fingerprint density at radius 1 is 1.10 bits per heavy atom. The number of fused-ring (bicyclic) bond motifs is 1. The van der Waals surface area contributed by atoms with E-state index < -0.39 is 0 Å². The molecule has 3 rings (SSSR count). The zero-order valence-electron chi connectivity index (χ0n) is 11.5. The lowest BCUT2D eigenvalue weighted by Gasteiger charge is -2.04. The summed E-state index contributed by atoms with van der Waals surface area (Å²) in [6, 6.07) is 12.4. The Hall–Kier alpha value is -1.78. The van der Waals surface area contributed by atoms with E-state index >= 15 is 0 Å². The summed E-state index contributed by atoms with van der Waals surface area (Å²) >= 11 is 1.73. The predicted molar refractivity (Wildman–Crippen MR) is 84.0 cm³/mol. The average molecular weight is 283 g/mol. The molecule has 0 radical (unpaired) electrons. The summed E-state index contributed by atoms with van der Waals surface area (Å²) in [5.41, 5.74) is 3.25. The second-order valence-electron chi connectivity index (χ2n) is 4.80. The molecule has 20 heavy (non-hydrogen) atoms. The van der Waals surface area contributed by atoms with Gasteiger partial charge in [-0.2, -0.15) is 0 Å². The maximum Gasteiger partial charge on any atom is 0.0940 e. The van der Waals surface area contributed by atoms with Gasteiger partial charge in [0.1, 0.15) is 0 Å². The van der Waals surface area contributed by atoms with E-state index in [-0.39, 0.29) is 0 Å². The van der Waals surface area contributed by atoms with E-state index in [9.17, 15) is 0 Å². The van der Waals surface area contributed by atoms with Gasteiger partial charge in [-0.25, -0.2) is 4.98 Å². The molecule has 3 aromatic rings. The maximum absolute atomic E-state index is 4.65. The summed E-state index contributed by atoms with van der Waals surface area (Å²) in [6.07, 6.45) is 0.978. The lowest BCUT2D eigenvalue weighted by Crippen LogP contribution is -2.17. The summed E-state index contributed by atoms with van der Waals surface area (Å²) in [6.45, 7) is 3.77. The van der Waals surface area contributed by atoms with Gasteiger partial charge in [-0.3, -0.25) is 4.98 Å². The van der Waals surface area contributed by atoms with Crippen LogP contribution in [0.5, 0.6) is 0 Å². The molecule has 0 fully saturated rings. The number of hydrogen-bond donors (Lipinski definition) is 1. The Balaban J connectivity index is 1.54. The van der Waals surface area contributed by atoms with Crippen LogP contribution in [-0.4, -0.2) is 16.5 Å². The molecule has 0 atom stereocenters. The smallest absolute Gasteiger partial charge is 0.0940 e. The van der Waals surface area contributed by atoms with Gasteiger partial charge in [0.25, 0.3) is 0 Å². The van der Waals surface area contributed by atoms with Crippen molar-refractivity contribution >= 4 is 22.2 Å². The molecule has 0 unspecified atom stereocenters. The molecule has 2 aromatic heterocycles. The van der Waals surface area contributed by atoms with Gasteiger partial charge in [0, 0.05) is 36.0 Å². The third-order valence-electron chi connectivity index (χ3n) is 3.14. The first kappa shape index (κ1) is 13.2. The standard InChI is InChI=1S/C16H17N3S/c1-12-11-20-16(18-12)8-9-17-10-14-7-6-13-4-2-3-5-15(13)19-14/h2-7,11,17H,8-10H2,1H3. The largest absolute Gasteiger partial charge is 0.311 e. The predicted octanol–water partition coefficient (Wildman–Crippen LogP) is 3.33. The van der Waals surface area contributed by atoms with E-state index in [0.29, 0.717) is 0 Å². The summed E-state index contributed by atoms with van der Waals surface area (Å²) in [4.78, 5) is 9.11. The molecule has 2 heterocycles. The van der Waals surface area contributed by atoms with Crippen molar-refractivity contribution in [1.82, 2.24) is 15.3 Å². The zero-order valence-corrected chi connectivity index (χ0v) is 12.3. The van der Waals surface area contributed by atoms with Crippen LogP contribution >= 0.6 is 11.3 Å². The van der Waals surface area contributed by atoms with E-state index in [2.05, 4.69) is 44.9 Å². The Bertz CT molecular complexity index is 706. The highest BCUT2D eigenvalue weighted by Crippen LogP contribution is 2.12. The van der Waals surface area contributed by atoms with Crippen molar-refractivity contribution in [2.45, 2.75) is 19.9 Å². The van der Waals surface area contributed by atoms with Crippen molar-refractivity contribution in [2.24, 2.45) is 0 Å². The van der Waals surface area contributed by atoms with Crippen molar-refractivity contribution in [2.75, 3.05) is 6.54 Å². The van der Waals surface area contributed by atoms with Gasteiger partial charge in [-0.15, -0.1) is 11.3 Å². The molecular weight excluding hydrogens is 266 g/mol. The molecule has 0 bridgehead atoms. The zero-order chi connectivity index (χ0) is 13.8. The SMILES string of the molecule is Cc1csc(CCNCc2ccc3ccccc3n2)n1. The van der Waals surface area contributed by atoms with Crippen molar-refractivity contribution < 1.29 is 0 Å². The number of nitrogens with zero attached hydrogens (tertiary/aromatic N) is 2. The number of pyridine rings is 1. The number of hydrogen-bond acceptors (Lipinski definition) is 4. The van der Waals surface area contributed by atoms with Crippen LogP contribution in [0.2, 0.25) is 0 Å². The molecule has 0 aliphatic carbocycles. The van der Waals surface area contributed by atoms with E-state index in [1.807, 2.05) is 19.1 Å². The minimum absolute atomic E-state index is 0.801. The molecule has 3 nitrogen and oxygen atoms in total. The number of aromatic nitrogens is 2. The van der Waals surface area contributed by atoms with Gasteiger partial charge in [0.05, 0.1) is 16.2 Å². The van der Waals surface area contributed by atoms with E-state index in [4.69, 9.17) is 0 Å². The third kappa shape index (κ3) is 3.21. The number of thiazole rings is 1. The summed E-state index contributed by atoms with van der Waals surface area (Å²) in [5.74, 6) is 0. The normalized spacial score (nSPS) is 11.1. The van der Waals surface area contributed by atoms with Gasteiger partial charge < -0.3 is 5.32 Å². The van der Waals surface area contributed by atoms with Crippen LogP contribution in [0.4, 0.5) is 0 Å². The molecule has 0 saturated carbocycles. The molecule has 0 saturated heterocycles. The topological polar surface area (TPSA) is 37.8 Å². The first-order chi connectivity index (χ1) is 9.81. The Kier molecular flexibility index (Phi) is 4.04. The number of para-hydroxylation sites is 1. The van der Waals surface area contributed by atoms with Crippen molar-refractivity contribution in [3.8, 4) is 0 Å². The fourth-order valence-electron chi connectivity index (χ4n) is 2.14. The van der Waals surface area contributed by atoms with Crippen LogP contribution in [0.15, 0.2) is 41.8 Å². The molecule has 102 valence electrons. The van der Waals surface area contributed by atoms with E-state index in [0.717, 1.165) is 36.4 Å². The van der Waals surface area contributed by atoms with Crippen LogP contribution < -0.4 is 5.32 Å². The minimum atomic E-state index is 0.801. The number of aryl methyl sites for hydroxylation is 1. The summed E-state index contributed by atoms with van der Waals surface area (Å²) < 4.78 is 0. The van der Waals surface area contributed by atoms with Crippen molar-refractivity contribution in [3.63, 3.8) is 0 Å². The highest BCUT2D eigenvalue weighted by Gasteiger charge is 2.00. The molecule has 0 spiro atoms. The molecular formula is C16H17N3S. The molecule has 0 aliphatic heterocycles. The highest BCUT2D eigenvalue weighted by atomic mass is 32.1. The molecule has 0 aliphatic rings. The van der Waals surface area contributed by atoms with Gasteiger partial charge >= 0.3 is 0 Å². The van der Waals surface area contributed by atoms with Gasteiger partial charge in [-0.05, 0) is 19.1 Å². The highest BCUT2D eigenvalue weighted by molar-refractivity contribution is 7.09. The first-order valence-corrected chi connectivity index (χ1v) is 7.65. The Morgan fingerprint density at radius 2 is 2.00 bits per heavy atom. The number of benzene rings is 1. The van der Waals surface area contributed by atoms with Crippen LogP contribution in [0.1, 0.15) is 16.4 Å². The van der Waals surface area contributed by atoms with E-state index in [1.54, 1.807) is 11.3 Å². The molecule has 1 aromatic carbocycles. The number of rotatable bonds is 5. The van der Waals surface area contributed by atoms with Crippen molar-refractivity contribution in [1.29, 1.82) is 0 Å². The molecule has 4 heteroatoms. The summed E-state index contributed by atoms with van der Waals surface area (Å²) in [5, 5.41) is 7.91. The van der Waals surface area contributed by atoms with Crippen LogP contribution in [0.25, 0.3) is 10.9 Å². The lowest BCUT2D eigenvalue weighted by atomic mass is 10.2. The van der Waals surface area contributed by atoms with Crippen LogP contribution in [-0.2, 0) is 13.0 Å². The second-order valence-corrected chi connectivity index (χ2v) is 5.75. The molecule has 0 amide bonds. The maximum atomic E-state index is 4.65. The second kappa shape index (κ2) is 6.11. The summed E-state index contributed by atoms with van der Waals surface area (Å²) in [7, 11) is 0. The third-order valence-corrected chi connectivity index (χ3v) is 4.17. The fraction of sp³-hybridized carbons (Fsp3) is 0.250. The first-order valence-electron chi connectivity index (χ1n) is 6.78. The van der Waals surface area contributed by atoms with Gasteiger partial charge in [0.2, 0.25) is 0 Å². The van der Waals surface area contributed by atoms with E-state index in [1.165, 1.54) is 10.4 Å². The monoisotopic (exact) mass is 283 g/mol. The molecule has 1 N–H and O–H groups in total. The number of nitrogens with one attached hydrogen (secondary N) is 1.